The average Bonchev–Trinajstić information content (AvgIpc) is 2.89. The summed E-state index contributed by atoms with van der Waals surface area (Å²) < 4.78 is 5.41. The summed E-state index contributed by atoms with van der Waals surface area (Å²) in [5.74, 6) is 0.707. The van der Waals surface area contributed by atoms with Crippen molar-refractivity contribution in [2.45, 2.75) is 0 Å². The van der Waals surface area contributed by atoms with Gasteiger partial charge in [0.05, 0.1) is 5.39 Å². The fourth-order valence-electron chi connectivity index (χ4n) is 2.38. The van der Waals surface area contributed by atoms with Crippen LogP contribution in [-0.4, -0.2) is 5.16 Å². The highest BCUT2D eigenvalue weighted by Crippen LogP contribution is 2.30. The van der Waals surface area contributed by atoms with Crippen LogP contribution < -0.4 is 5.32 Å². The highest BCUT2D eigenvalue weighted by Gasteiger charge is 2.09. The quantitative estimate of drug-likeness (QED) is 0.539. The molecular weight excluding hydrogens is 284 g/mol. The van der Waals surface area contributed by atoms with Crippen molar-refractivity contribution in [2.24, 2.45) is 0 Å². The van der Waals surface area contributed by atoms with Gasteiger partial charge in [0.25, 0.3) is 0 Å². The van der Waals surface area contributed by atoms with E-state index in [9.17, 15) is 0 Å². The van der Waals surface area contributed by atoms with Crippen molar-refractivity contribution in [2.75, 3.05) is 5.32 Å². The zero-order valence-corrected chi connectivity index (χ0v) is 11.8. The highest BCUT2D eigenvalue weighted by molar-refractivity contribution is 6.30. The lowest BCUT2D eigenvalue weighted by molar-refractivity contribution is 0.460. The van der Waals surface area contributed by atoms with Gasteiger partial charge in [0.2, 0.25) is 0 Å². The number of anilines is 2. The smallest absolute Gasteiger partial charge is 0.181 e. The predicted octanol–water partition coefficient (Wildman–Crippen LogP) is 5.38. The molecule has 0 bridgehead atoms. The van der Waals surface area contributed by atoms with E-state index in [4.69, 9.17) is 16.1 Å². The molecule has 1 heterocycles. The fraction of sp³-hybridized carbons (Fsp3) is 0. The second-order valence-corrected chi connectivity index (χ2v) is 5.30. The molecule has 0 aliphatic rings. The van der Waals surface area contributed by atoms with E-state index in [1.807, 2.05) is 42.5 Å². The summed E-state index contributed by atoms with van der Waals surface area (Å²) >= 11 is 5.89. The van der Waals surface area contributed by atoms with Gasteiger partial charge in [-0.25, -0.2) is 0 Å². The zero-order chi connectivity index (χ0) is 14.2. The number of rotatable bonds is 2. The molecule has 1 N–H and O–H groups in total. The maximum Gasteiger partial charge on any atom is 0.181 e. The SMILES string of the molecule is Clc1ccc(Nc2noc3cc4ccccc4cc23)cc1. The van der Waals surface area contributed by atoms with Crippen LogP contribution in [0, 0.1) is 0 Å². The van der Waals surface area contributed by atoms with Crippen molar-refractivity contribution in [3.05, 3.63) is 65.7 Å². The second-order valence-electron chi connectivity index (χ2n) is 4.86. The standard InChI is InChI=1S/C17H11ClN2O/c18-13-5-7-14(8-6-13)19-17-15-9-11-3-1-2-4-12(11)10-16(15)21-20-17/h1-10H,(H,19,20). The van der Waals surface area contributed by atoms with Crippen LogP contribution in [-0.2, 0) is 0 Å². The van der Waals surface area contributed by atoms with Crippen molar-refractivity contribution in [1.29, 1.82) is 0 Å². The number of halogens is 1. The number of nitrogens with one attached hydrogen (secondary N) is 1. The lowest BCUT2D eigenvalue weighted by Gasteiger charge is -2.03. The van der Waals surface area contributed by atoms with Gasteiger partial charge in [-0.2, -0.15) is 0 Å². The Bertz CT molecular complexity index is 928. The Kier molecular flexibility index (Phi) is 2.79. The average molecular weight is 295 g/mol. The Labute approximate surface area is 126 Å². The molecule has 0 fully saturated rings. The van der Waals surface area contributed by atoms with Crippen LogP contribution in [0.3, 0.4) is 0 Å². The Hall–Kier alpha value is -2.52. The number of hydrogen-bond donors (Lipinski definition) is 1. The van der Waals surface area contributed by atoms with Gasteiger partial charge < -0.3 is 9.84 Å². The van der Waals surface area contributed by atoms with Crippen LogP contribution in [0.4, 0.5) is 11.5 Å². The van der Waals surface area contributed by atoms with Gasteiger partial charge >= 0.3 is 0 Å². The Morgan fingerprint density at radius 3 is 2.38 bits per heavy atom. The van der Waals surface area contributed by atoms with E-state index in [1.165, 1.54) is 0 Å². The minimum absolute atomic E-state index is 0.705. The van der Waals surface area contributed by atoms with Gasteiger partial charge in [0, 0.05) is 10.7 Å². The van der Waals surface area contributed by atoms with Crippen molar-refractivity contribution in [1.82, 2.24) is 5.16 Å². The van der Waals surface area contributed by atoms with Crippen LogP contribution in [0.15, 0.2) is 65.2 Å². The van der Waals surface area contributed by atoms with Crippen LogP contribution >= 0.6 is 11.6 Å². The summed E-state index contributed by atoms with van der Waals surface area (Å²) in [6, 6.07) is 19.7. The molecule has 0 aliphatic heterocycles. The summed E-state index contributed by atoms with van der Waals surface area (Å²) in [6.45, 7) is 0. The van der Waals surface area contributed by atoms with Gasteiger partial charge in [-0.05, 0) is 47.2 Å². The molecule has 0 saturated heterocycles. The van der Waals surface area contributed by atoms with Gasteiger partial charge in [0.1, 0.15) is 0 Å². The molecule has 0 saturated carbocycles. The molecule has 0 radical (unpaired) electrons. The van der Waals surface area contributed by atoms with Crippen molar-refractivity contribution < 1.29 is 4.52 Å². The lowest BCUT2D eigenvalue weighted by atomic mass is 10.1. The van der Waals surface area contributed by atoms with Crippen LogP contribution in [0.1, 0.15) is 0 Å². The van der Waals surface area contributed by atoms with E-state index in [2.05, 4.69) is 28.7 Å². The molecule has 4 heteroatoms. The van der Waals surface area contributed by atoms with Crippen molar-refractivity contribution in [3.63, 3.8) is 0 Å². The number of nitrogens with zero attached hydrogens (tertiary/aromatic N) is 1. The molecule has 0 amide bonds. The van der Waals surface area contributed by atoms with Gasteiger partial charge in [-0.15, -0.1) is 0 Å². The number of hydrogen-bond acceptors (Lipinski definition) is 3. The summed E-state index contributed by atoms with van der Waals surface area (Å²) in [5.41, 5.74) is 1.69. The third kappa shape index (κ3) is 2.22. The first-order valence-corrected chi connectivity index (χ1v) is 6.98. The molecular formula is C17H11ClN2O. The third-order valence-corrected chi connectivity index (χ3v) is 3.70. The van der Waals surface area contributed by atoms with E-state index >= 15 is 0 Å². The van der Waals surface area contributed by atoms with E-state index in [1.54, 1.807) is 0 Å². The molecule has 0 spiro atoms. The second kappa shape index (κ2) is 4.79. The molecule has 3 nitrogen and oxygen atoms in total. The van der Waals surface area contributed by atoms with Crippen molar-refractivity contribution in [3.8, 4) is 0 Å². The minimum Gasteiger partial charge on any atom is -0.354 e. The summed E-state index contributed by atoms with van der Waals surface area (Å²) in [7, 11) is 0. The third-order valence-electron chi connectivity index (χ3n) is 3.45. The maximum atomic E-state index is 5.89. The molecule has 1 aromatic heterocycles. The highest BCUT2D eigenvalue weighted by atomic mass is 35.5. The minimum atomic E-state index is 0.705. The summed E-state index contributed by atoms with van der Waals surface area (Å²) in [6.07, 6.45) is 0. The van der Waals surface area contributed by atoms with Crippen molar-refractivity contribution >= 4 is 44.8 Å². The molecule has 4 rings (SSSR count). The predicted molar refractivity (Wildman–Crippen MR) is 86.2 cm³/mol. The zero-order valence-electron chi connectivity index (χ0n) is 11.0. The largest absolute Gasteiger partial charge is 0.354 e. The van der Waals surface area contributed by atoms with Gasteiger partial charge in [0.15, 0.2) is 11.4 Å². The maximum absolute atomic E-state index is 5.89. The van der Waals surface area contributed by atoms with E-state index in [0.29, 0.717) is 10.8 Å². The van der Waals surface area contributed by atoms with E-state index in [-0.39, 0.29) is 0 Å². The molecule has 0 aliphatic carbocycles. The molecule has 0 atom stereocenters. The normalized spacial score (nSPS) is 11.1. The number of fused-ring (bicyclic) bond motifs is 2. The number of benzene rings is 3. The Morgan fingerprint density at radius 2 is 1.62 bits per heavy atom. The van der Waals surface area contributed by atoms with Gasteiger partial charge in [-0.3, -0.25) is 0 Å². The fourth-order valence-corrected chi connectivity index (χ4v) is 2.51. The summed E-state index contributed by atoms with van der Waals surface area (Å²) in [5, 5.41) is 11.3. The molecule has 21 heavy (non-hydrogen) atoms. The molecule has 102 valence electrons. The van der Waals surface area contributed by atoms with Crippen LogP contribution in [0.25, 0.3) is 21.7 Å². The molecule has 3 aromatic carbocycles. The Balaban J connectivity index is 1.81. The van der Waals surface area contributed by atoms with Crippen LogP contribution in [0.5, 0.6) is 0 Å². The van der Waals surface area contributed by atoms with E-state index < -0.39 is 0 Å². The Morgan fingerprint density at radius 1 is 0.905 bits per heavy atom. The first-order chi connectivity index (χ1) is 10.3. The van der Waals surface area contributed by atoms with E-state index in [0.717, 1.165) is 27.4 Å². The monoisotopic (exact) mass is 294 g/mol. The first kappa shape index (κ1) is 12.2. The van der Waals surface area contributed by atoms with Gasteiger partial charge in [-0.1, -0.05) is 41.0 Å². The molecule has 0 unspecified atom stereocenters. The lowest BCUT2D eigenvalue weighted by Crippen LogP contribution is -1.90. The topological polar surface area (TPSA) is 38.1 Å². The first-order valence-electron chi connectivity index (χ1n) is 6.60. The van der Waals surface area contributed by atoms with Crippen LogP contribution in [0.2, 0.25) is 5.02 Å². The summed E-state index contributed by atoms with van der Waals surface area (Å²) in [4.78, 5) is 0. The number of aromatic nitrogens is 1. The molecule has 4 aromatic rings.